The van der Waals surface area contributed by atoms with Gasteiger partial charge in [0, 0.05) is 36.4 Å². The summed E-state index contributed by atoms with van der Waals surface area (Å²) in [6.07, 6.45) is 2.68. The highest BCUT2D eigenvalue weighted by atomic mass is 16.6. The first kappa shape index (κ1) is 27.1. The molecular weight excluding hydrogens is 466 g/mol. The molecule has 0 radical (unpaired) electrons. The van der Waals surface area contributed by atoms with Gasteiger partial charge in [0.15, 0.2) is 0 Å². The molecule has 2 aliphatic rings. The van der Waals surface area contributed by atoms with Crippen molar-refractivity contribution in [1.82, 2.24) is 10.2 Å². The van der Waals surface area contributed by atoms with Gasteiger partial charge in [0.1, 0.15) is 17.6 Å². The molecule has 4 amide bonds. The van der Waals surface area contributed by atoms with Gasteiger partial charge in [-0.2, -0.15) is 0 Å². The fourth-order valence-electron chi connectivity index (χ4n) is 4.21. The molecule has 0 aromatic heterocycles. The number of rotatable bonds is 10. The van der Waals surface area contributed by atoms with Crippen LogP contribution in [0.5, 0.6) is 0 Å². The van der Waals surface area contributed by atoms with Gasteiger partial charge in [-0.3, -0.25) is 29.3 Å². The summed E-state index contributed by atoms with van der Waals surface area (Å²) in [6, 6.07) is 4.14. The Bertz CT molecular complexity index is 1060. The molecule has 2 heterocycles. The van der Waals surface area contributed by atoms with Crippen LogP contribution in [-0.2, 0) is 35.2 Å². The third-order valence-corrected chi connectivity index (χ3v) is 5.86. The number of anilines is 1. The minimum atomic E-state index is -1.07. The van der Waals surface area contributed by atoms with Crippen molar-refractivity contribution in [2.75, 3.05) is 18.5 Å². The molecule has 1 unspecified atom stereocenters. The standard InChI is InChI=1S/C26H33N3O7/c1-5-13-35-14-7-9-17(25(34)36-26(2,3)4)22(31)27-19-10-6-8-16-18(19)15-29(24(16)33)20-11-12-21(30)28-23(20)32/h5-6,8,10,17,20H,1,7,9,11-15H2,2-4H3,(H,27,31)(H,28,30,32)/t17-,20?/m1/s1. The first-order chi connectivity index (χ1) is 17.0. The normalized spacial score (nSPS) is 18.4. The van der Waals surface area contributed by atoms with Crippen LogP contribution >= 0.6 is 0 Å². The van der Waals surface area contributed by atoms with E-state index >= 15 is 0 Å². The van der Waals surface area contributed by atoms with Crippen LogP contribution in [0.15, 0.2) is 30.9 Å². The number of hydrogen-bond donors (Lipinski definition) is 2. The molecule has 0 bridgehead atoms. The second-order valence-corrected chi connectivity index (χ2v) is 9.81. The van der Waals surface area contributed by atoms with Crippen LogP contribution in [0, 0.1) is 5.92 Å². The van der Waals surface area contributed by atoms with E-state index in [0.29, 0.717) is 36.4 Å². The van der Waals surface area contributed by atoms with Gasteiger partial charge >= 0.3 is 5.97 Å². The number of carbonyl (C=O) groups excluding carboxylic acids is 5. The fraction of sp³-hybridized carbons (Fsp3) is 0.500. The fourth-order valence-corrected chi connectivity index (χ4v) is 4.21. The zero-order valence-corrected chi connectivity index (χ0v) is 20.9. The molecule has 0 saturated carbocycles. The largest absolute Gasteiger partial charge is 0.459 e. The van der Waals surface area contributed by atoms with E-state index in [9.17, 15) is 24.0 Å². The predicted octanol–water partition coefficient (Wildman–Crippen LogP) is 2.33. The van der Waals surface area contributed by atoms with Gasteiger partial charge in [0.25, 0.3) is 5.91 Å². The summed E-state index contributed by atoms with van der Waals surface area (Å²) in [6.45, 7) is 9.60. The minimum absolute atomic E-state index is 0.101. The molecular formula is C26H33N3O7. The Kier molecular flexibility index (Phi) is 8.62. The predicted molar refractivity (Wildman–Crippen MR) is 131 cm³/mol. The second-order valence-electron chi connectivity index (χ2n) is 9.81. The van der Waals surface area contributed by atoms with Crippen LogP contribution in [0.25, 0.3) is 0 Å². The van der Waals surface area contributed by atoms with Gasteiger partial charge in [-0.25, -0.2) is 0 Å². The SMILES string of the molecule is C=CCOCCC[C@H](C(=O)Nc1cccc2c1CN(C1CCC(=O)NC1=O)C2=O)C(=O)OC(C)(C)C. The average molecular weight is 500 g/mol. The molecule has 1 saturated heterocycles. The van der Waals surface area contributed by atoms with E-state index in [0.717, 1.165) is 0 Å². The Morgan fingerprint density at radius 2 is 2.03 bits per heavy atom. The van der Waals surface area contributed by atoms with E-state index < -0.39 is 35.3 Å². The maximum absolute atomic E-state index is 13.2. The molecule has 10 heteroatoms. The second kappa shape index (κ2) is 11.5. The maximum Gasteiger partial charge on any atom is 0.319 e. The average Bonchev–Trinajstić information content (AvgIpc) is 3.12. The number of hydrogen-bond acceptors (Lipinski definition) is 7. The number of ether oxygens (including phenoxy) is 2. The van der Waals surface area contributed by atoms with Crippen molar-refractivity contribution in [3.8, 4) is 0 Å². The summed E-state index contributed by atoms with van der Waals surface area (Å²) in [5.41, 5.74) is 0.539. The number of fused-ring (bicyclic) bond motifs is 1. The Morgan fingerprint density at radius 1 is 1.28 bits per heavy atom. The molecule has 3 rings (SSSR count). The summed E-state index contributed by atoms with van der Waals surface area (Å²) < 4.78 is 10.8. The zero-order valence-electron chi connectivity index (χ0n) is 20.9. The number of nitrogens with zero attached hydrogens (tertiary/aromatic N) is 1. The smallest absolute Gasteiger partial charge is 0.319 e. The Morgan fingerprint density at radius 3 is 2.69 bits per heavy atom. The molecule has 1 fully saturated rings. The van der Waals surface area contributed by atoms with Crippen LogP contribution in [0.2, 0.25) is 0 Å². The van der Waals surface area contributed by atoms with Gasteiger partial charge in [-0.05, 0) is 52.2 Å². The lowest BCUT2D eigenvalue weighted by Crippen LogP contribution is -2.52. The molecule has 2 atom stereocenters. The number of esters is 1. The van der Waals surface area contributed by atoms with E-state index in [1.165, 1.54) is 4.90 Å². The summed E-state index contributed by atoms with van der Waals surface area (Å²) in [7, 11) is 0. The number of benzene rings is 1. The Balaban J connectivity index is 1.76. The van der Waals surface area contributed by atoms with Gasteiger partial charge in [0.2, 0.25) is 17.7 Å². The topological polar surface area (TPSA) is 131 Å². The van der Waals surface area contributed by atoms with Gasteiger partial charge in [0.05, 0.1) is 6.61 Å². The van der Waals surface area contributed by atoms with Crippen LogP contribution in [-0.4, -0.2) is 59.4 Å². The lowest BCUT2D eigenvalue weighted by atomic mass is 10.0. The van der Waals surface area contributed by atoms with Crippen LogP contribution in [0.1, 0.15) is 62.4 Å². The van der Waals surface area contributed by atoms with Crippen molar-refractivity contribution in [3.63, 3.8) is 0 Å². The highest BCUT2D eigenvalue weighted by molar-refractivity contribution is 6.08. The molecule has 1 aromatic rings. The van der Waals surface area contributed by atoms with E-state index in [-0.39, 0.29) is 37.6 Å². The summed E-state index contributed by atoms with van der Waals surface area (Å²) in [5.74, 6) is -3.49. The van der Waals surface area contributed by atoms with E-state index in [1.54, 1.807) is 45.0 Å². The van der Waals surface area contributed by atoms with E-state index in [1.807, 2.05) is 0 Å². The molecule has 2 aliphatic heterocycles. The molecule has 0 spiro atoms. The van der Waals surface area contributed by atoms with E-state index in [4.69, 9.17) is 9.47 Å². The molecule has 194 valence electrons. The highest BCUT2D eigenvalue weighted by Gasteiger charge is 2.40. The zero-order chi connectivity index (χ0) is 26.5. The first-order valence-corrected chi connectivity index (χ1v) is 12.0. The quantitative estimate of drug-likeness (QED) is 0.166. The monoisotopic (exact) mass is 499 g/mol. The lowest BCUT2D eigenvalue weighted by molar-refractivity contribution is -0.162. The van der Waals surface area contributed by atoms with Crippen molar-refractivity contribution in [1.29, 1.82) is 0 Å². The first-order valence-electron chi connectivity index (χ1n) is 12.0. The summed E-state index contributed by atoms with van der Waals surface area (Å²) in [5, 5.41) is 5.06. The van der Waals surface area contributed by atoms with Crippen LogP contribution in [0.4, 0.5) is 5.69 Å². The van der Waals surface area contributed by atoms with Gasteiger partial charge < -0.3 is 19.7 Å². The number of amides is 4. The Hall–Kier alpha value is -3.53. The van der Waals surface area contributed by atoms with Crippen LogP contribution in [0.3, 0.4) is 0 Å². The third-order valence-electron chi connectivity index (χ3n) is 5.86. The number of nitrogens with one attached hydrogen (secondary N) is 2. The highest BCUT2D eigenvalue weighted by Crippen LogP contribution is 2.32. The number of carbonyl (C=O) groups is 5. The third kappa shape index (κ3) is 6.57. The van der Waals surface area contributed by atoms with Crippen molar-refractivity contribution >= 4 is 35.3 Å². The minimum Gasteiger partial charge on any atom is -0.459 e. The van der Waals surface area contributed by atoms with Crippen molar-refractivity contribution in [3.05, 3.63) is 42.0 Å². The van der Waals surface area contributed by atoms with Gasteiger partial charge in [-0.15, -0.1) is 6.58 Å². The van der Waals surface area contributed by atoms with Crippen molar-refractivity contribution in [2.24, 2.45) is 5.92 Å². The lowest BCUT2D eigenvalue weighted by Gasteiger charge is -2.29. The van der Waals surface area contributed by atoms with Crippen molar-refractivity contribution < 1.29 is 33.4 Å². The number of imide groups is 1. The van der Waals surface area contributed by atoms with E-state index in [2.05, 4.69) is 17.2 Å². The molecule has 36 heavy (non-hydrogen) atoms. The summed E-state index contributed by atoms with van der Waals surface area (Å²) in [4.78, 5) is 64.4. The summed E-state index contributed by atoms with van der Waals surface area (Å²) >= 11 is 0. The number of piperidine rings is 1. The molecule has 10 nitrogen and oxygen atoms in total. The molecule has 1 aromatic carbocycles. The maximum atomic E-state index is 13.2. The van der Waals surface area contributed by atoms with Gasteiger partial charge in [-0.1, -0.05) is 12.1 Å². The molecule has 0 aliphatic carbocycles. The van der Waals surface area contributed by atoms with Crippen LogP contribution < -0.4 is 10.6 Å². The van der Waals surface area contributed by atoms with Crippen molar-refractivity contribution in [2.45, 2.75) is 64.6 Å². The Labute approximate surface area is 210 Å². The molecule has 2 N–H and O–H groups in total.